The van der Waals surface area contributed by atoms with Crippen molar-refractivity contribution in [2.45, 2.75) is 13.2 Å². The first-order valence-electron chi connectivity index (χ1n) is 5.99. The van der Waals surface area contributed by atoms with Gasteiger partial charge in [-0.25, -0.2) is 0 Å². The zero-order valence-corrected chi connectivity index (χ0v) is 11.4. The number of rotatable bonds is 5. The Balaban J connectivity index is 2.01. The van der Waals surface area contributed by atoms with Crippen LogP contribution in [-0.4, -0.2) is 12.2 Å². The number of nitrogens with one attached hydrogen (secondary N) is 1. The van der Waals surface area contributed by atoms with E-state index in [9.17, 15) is 0 Å². The molecule has 0 aliphatic heterocycles. The van der Waals surface area contributed by atoms with Crippen molar-refractivity contribution in [3.8, 4) is 5.75 Å². The Labute approximate surface area is 117 Å². The lowest BCUT2D eigenvalue weighted by Gasteiger charge is -2.10. The van der Waals surface area contributed by atoms with Gasteiger partial charge in [0.2, 0.25) is 0 Å². The number of aliphatic hydroxyl groups is 1. The molecule has 4 heteroatoms. The van der Waals surface area contributed by atoms with Crippen molar-refractivity contribution in [2.75, 3.05) is 12.4 Å². The van der Waals surface area contributed by atoms with E-state index in [0.29, 0.717) is 11.6 Å². The van der Waals surface area contributed by atoms with Gasteiger partial charge in [0, 0.05) is 12.6 Å². The van der Waals surface area contributed by atoms with Crippen LogP contribution in [-0.2, 0) is 13.2 Å². The number of aliphatic hydroxyl groups excluding tert-OH is 1. The largest absolute Gasteiger partial charge is 0.497 e. The van der Waals surface area contributed by atoms with Crippen molar-refractivity contribution in [1.29, 1.82) is 0 Å². The van der Waals surface area contributed by atoms with E-state index in [1.54, 1.807) is 13.2 Å². The smallest absolute Gasteiger partial charge is 0.120 e. The molecule has 2 aromatic carbocycles. The van der Waals surface area contributed by atoms with E-state index in [1.165, 1.54) is 0 Å². The quantitative estimate of drug-likeness (QED) is 0.879. The highest BCUT2D eigenvalue weighted by molar-refractivity contribution is 6.33. The van der Waals surface area contributed by atoms with Crippen molar-refractivity contribution < 1.29 is 9.84 Å². The normalized spacial score (nSPS) is 10.3. The highest BCUT2D eigenvalue weighted by atomic mass is 35.5. The Kier molecular flexibility index (Phi) is 4.66. The van der Waals surface area contributed by atoms with Gasteiger partial charge in [0.05, 0.1) is 24.4 Å². The number of hydrogen-bond donors (Lipinski definition) is 2. The van der Waals surface area contributed by atoms with Gasteiger partial charge in [-0.3, -0.25) is 0 Å². The summed E-state index contributed by atoms with van der Waals surface area (Å²) in [4.78, 5) is 0. The molecule has 2 N–H and O–H groups in total. The molecular weight excluding hydrogens is 262 g/mol. The van der Waals surface area contributed by atoms with Gasteiger partial charge in [-0.05, 0) is 23.3 Å². The molecular formula is C15H16ClNO2. The second-order valence-corrected chi connectivity index (χ2v) is 4.58. The minimum Gasteiger partial charge on any atom is -0.497 e. The molecule has 2 rings (SSSR count). The zero-order chi connectivity index (χ0) is 13.7. The standard InChI is InChI=1S/C15H16ClNO2/c1-19-13-6-7-15(14(16)8-13)17-9-11-2-4-12(10-18)5-3-11/h2-8,17-18H,9-10H2,1H3. The number of hydrogen-bond acceptors (Lipinski definition) is 3. The average molecular weight is 278 g/mol. The first-order valence-corrected chi connectivity index (χ1v) is 6.37. The Morgan fingerprint density at radius 3 is 2.37 bits per heavy atom. The molecule has 100 valence electrons. The lowest BCUT2D eigenvalue weighted by Crippen LogP contribution is -2.00. The molecule has 0 saturated carbocycles. The van der Waals surface area contributed by atoms with Crippen LogP contribution < -0.4 is 10.1 Å². The molecule has 0 unspecified atom stereocenters. The Hall–Kier alpha value is -1.71. The molecule has 0 saturated heterocycles. The number of halogens is 1. The monoisotopic (exact) mass is 277 g/mol. The van der Waals surface area contributed by atoms with E-state index >= 15 is 0 Å². The molecule has 0 aromatic heterocycles. The predicted molar refractivity (Wildman–Crippen MR) is 77.7 cm³/mol. The molecule has 0 aliphatic rings. The summed E-state index contributed by atoms with van der Waals surface area (Å²) in [6.07, 6.45) is 0. The van der Waals surface area contributed by atoms with Crippen LogP contribution in [0.4, 0.5) is 5.69 Å². The SMILES string of the molecule is COc1ccc(NCc2ccc(CO)cc2)c(Cl)c1. The summed E-state index contributed by atoms with van der Waals surface area (Å²) in [6, 6.07) is 13.3. The Bertz CT molecular complexity index is 540. The average Bonchev–Trinajstić information content (AvgIpc) is 2.46. The lowest BCUT2D eigenvalue weighted by atomic mass is 10.1. The van der Waals surface area contributed by atoms with Gasteiger partial charge in [-0.2, -0.15) is 0 Å². The van der Waals surface area contributed by atoms with Crippen molar-refractivity contribution in [3.63, 3.8) is 0 Å². The minimum absolute atomic E-state index is 0.0675. The number of methoxy groups -OCH3 is 1. The highest BCUT2D eigenvalue weighted by Gasteiger charge is 2.02. The molecule has 0 bridgehead atoms. The Morgan fingerprint density at radius 2 is 1.79 bits per heavy atom. The molecule has 0 amide bonds. The van der Waals surface area contributed by atoms with Crippen LogP contribution in [0.3, 0.4) is 0 Å². The van der Waals surface area contributed by atoms with E-state index in [2.05, 4.69) is 5.32 Å². The topological polar surface area (TPSA) is 41.5 Å². The molecule has 2 aromatic rings. The predicted octanol–water partition coefficient (Wildman–Crippen LogP) is 3.45. The third-order valence-corrected chi connectivity index (χ3v) is 3.18. The van der Waals surface area contributed by atoms with Gasteiger partial charge in [0.15, 0.2) is 0 Å². The fourth-order valence-electron chi connectivity index (χ4n) is 1.73. The summed E-state index contributed by atoms with van der Waals surface area (Å²) >= 11 is 6.15. The molecule has 19 heavy (non-hydrogen) atoms. The summed E-state index contributed by atoms with van der Waals surface area (Å²) in [5.74, 6) is 0.739. The molecule has 0 spiro atoms. The first-order chi connectivity index (χ1) is 9.22. The maximum atomic E-state index is 8.98. The molecule has 3 nitrogen and oxygen atoms in total. The highest BCUT2D eigenvalue weighted by Crippen LogP contribution is 2.26. The second-order valence-electron chi connectivity index (χ2n) is 4.17. The van der Waals surface area contributed by atoms with Gasteiger partial charge in [0.25, 0.3) is 0 Å². The fourth-order valence-corrected chi connectivity index (χ4v) is 1.96. The maximum Gasteiger partial charge on any atom is 0.120 e. The summed E-state index contributed by atoms with van der Waals surface area (Å²) < 4.78 is 5.10. The third kappa shape index (κ3) is 3.63. The van der Waals surface area contributed by atoms with Crippen LogP contribution in [0.15, 0.2) is 42.5 Å². The lowest BCUT2D eigenvalue weighted by molar-refractivity contribution is 0.282. The van der Waals surface area contributed by atoms with E-state index in [4.69, 9.17) is 21.4 Å². The van der Waals surface area contributed by atoms with E-state index in [0.717, 1.165) is 22.6 Å². The van der Waals surface area contributed by atoms with Gasteiger partial charge in [0.1, 0.15) is 5.75 Å². The number of anilines is 1. The second kappa shape index (κ2) is 6.45. The van der Waals surface area contributed by atoms with Crippen molar-refractivity contribution >= 4 is 17.3 Å². The third-order valence-electron chi connectivity index (χ3n) is 2.86. The number of ether oxygens (including phenoxy) is 1. The zero-order valence-electron chi connectivity index (χ0n) is 10.7. The van der Waals surface area contributed by atoms with Gasteiger partial charge in [-0.1, -0.05) is 35.9 Å². The van der Waals surface area contributed by atoms with Crippen LogP contribution in [0, 0.1) is 0 Å². The fraction of sp³-hybridized carbons (Fsp3) is 0.200. The van der Waals surface area contributed by atoms with Crippen LogP contribution >= 0.6 is 11.6 Å². The summed E-state index contributed by atoms with van der Waals surface area (Å²) in [5, 5.41) is 12.9. The molecule has 0 atom stereocenters. The minimum atomic E-state index is 0.0675. The van der Waals surface area contributed by atoms with Crippen LogP contribution in [0.2, 0.25) is 5.02 Å². The molecule has 0 radical (unpaired) electrons. The van der Waals surface area contributed by atoms with Crippen LogP contribution in [0.1, 0.15) is 11.1 Å². The van der Waals surface area contributed by atoms with Crippen molar-refractivity contribution in [2.24, 2.45) is 0 Å². The maximum absolute atomic E-state index is 8.98. The summed E-state index contributed by atoms with van der Waals surface area (Å²) in [6.45, 7) is 0.746. The first kappa shape index (κ1) is 13.7. The molecule has 0 aliphatic carbocycles. The molecule has 0 heterocycles. The van der Waals surface area contributed by atoms with Gasteiger partial charge < -0.3 is 15.2 Å². The molecule has 0 fully saturated rings. The summed E-state index contributed by atoms with van der Waals surface area (Å²) in [5.41, 5.74) is 2.91. The van der Waals surface area contributed by atoms with Crippen molar-refractivity contribution in [3.05, 3.63) is 58.6 Å². The van der Waals surface area contributed by atoms with Crippen molar-refractivity contribution in [1.82, 2.24) is 0 Å². The van der Waals surface area contributed by atoms with Gasteiger partial charge >= 0.3 is 0 Å². The van der Waals surface area contributed by atoms with E-state index in [-0.39, 0.29) is 6.61 Å². The van der Waals surface area contributed by atoms with Gasteiger partial charge in [-0.15, -0.1) is 0 Å². The number of benzene rings is 2. The van der Waals surface area contributed by atoms with Crippen LogP contribution in [0.25, 0.3) is 0 Å². The summed E-state index contributed by atoms with van der Waals surface area (Å²) in [7, 11) is 1.61. The van der Waals surface area contributed by atoms with E-state index < -0.39 is 0 Å². The van der Waals surface area contributed by atoms with Crippen LogP contribution in [0.5, 0.6) is 5.75 Å². The Morgan fingerprint density at radius 1 is 1.11 bits per heavy atom. The van der Waals surface area contributed by atoms with E-state index in [1.807, 2.05) is 36.4 Å².